The monoisotopic (exact) mass is 310 g/mol. The number of ether oxygens (including phenoxy) is 1. The highest BCUT2D eigenvalue weighted by molar-refractivity contribution is 7.99. The van der Waals surface area contributed by atoms with Crippen LogP contribution < -0.4 is 10.6 Å². The highest BCUT2D eigenvalue weighted by atomic mass is 32.2. The predicted octanol–water partition coefficient (Wildman–Crippen LogP) is 1.86. The normalized spacial score (nSPS) is 23.0. The lowest BCUT2D eigenvalue weighted by molar-refractivity contribution is -0.136. The molecule has 114 valence electrons. The fourth-order valence-corrected chi connectivity index (χ4v) is 3.68. The summed E-state index contributed by atoms with van der Waals surface area (Å²) in [5.41, 5.74) is 0.639. The minimum Gasteiger partial charge on any atom is -0.363 e. The lowest BCUT2D eigenvalue weighted by Gasteiger charge is -2.39. The number of halogens is 1. The van der Waals surface area contributed by atoms with Gasteiger partial charge in [-0.15, -0.1) is 11.8 Å². The molecule has 0 aromatic heterocycles. The lowest BCUT2D eigenvalue weighted by Crippen LogP contribution is -2.59. The van der Waals surface area contributed by atoms with Crippen LogP contribution in [0.25, 0.3) is 0 Å². The third-order valence-corrected chi connectivity index (χ3v) is 5.02. The topological polar surface area (TPSA) is 50.4 Å². The van der Waals surface area contributed by atoms with E-state index in [1.807, 2.05) is 6.92 Å². The summed E-state index contributed by atoms with van der Waals surface area (Å²) in [6.07, 6.45) is 0.811. The van der Waals surface area contributed by atoms with Crippen molar-refractivity contribution in [2.45, 2.75) is 29.9 Å². The van der Waals surface area contributed by atoms with Crippen molar-refractivity contribution in [3.05, 3.63) is 29.6 Å². The minimum absolute atomic E-state index is 0.0481. The molecule has 6 heteroatoms. The molecule has 1 aromatic rings. The number of hydrogen-bond donors (Lipinski definition) is 2. The maximum atomic E-state index is 13.4. The van der Waals surface area contributed by atoms with Crippen LogP contribution in [0.5, 0.6) is 0 Å². The number of carbonyl (C=O) groups excluding carboxylic acids is 1. The summed E-state index contributed by atoms with van der Waals surface area (Å²) in [6.45, 7) is 3.58. The molecule has 21 heavy (non-hydrogen) atoms. The van der Waals surface area contributed by atoms with Crippen LogP contribution in [-0.4, -0.2) is 37.0 Å². The van der Waals surface area contributed by atoms with Crippen LogP contribution >= 0.6 is 11.8 Å². The van der Waals surface area contributed by atoms with E-state index in [1.165, 1.54) is 12.1 Å². The van der Waals surface area contributed by atoms with Gasteiger partial charge in [-0.3, -0.25) is 4.79 Å². The van der Waals surface area contributed by atoms with Crippen LogP contribution in [0, 0.1) is 5.82 Å². The minimum atomic E-state index is -0.264. The smallest absolute Gasteiger partial charge is 0.246 e. The molecular formula is C15H19FN2O2S. The maximum absolute atomic E-state index is 13.4. The number of hydrogen-bond acceptors (Lipinski definition) is 4. The zero-order chi connectivity index (χ0) is 14.9. The summed E-state index contributed by atoms with van der Waals surface area (Å²) in [6, 6.07) is 4.64. The molecule has 3 rings (SSSR count). The van der Waals surface area contributed by atoms with Gasteiger partial charge in [-0.2, -0.15) is 0 Å². The van der Waals surface area contributed by atoms with Gasteiger partial charge in [-0.25, -0.2) is 4.39 Å². The molecule has 1 saturated heterocycles. The first kappa shape index (κ1) is 14.8. The quantitative estimate of drug-likeness (QED) is 0.891. The number of fused-ring (bicyclic) bond motifs is 1. The molecule has 2 aliphatic rings. The van der Waals surface area contributed by atoms with Crippen molar-refractivity contribution < 1.29 is 13.9 Å². The van der Waals surface area contributed by atoms with Crippen molar-refractivity contribution in [3.8, 4) is 0 Å². The molecule has 1 unspecified atom stereocenters. The average Bonchev–Trinajstić information content (AvgIpc) is 2.44. The summed E-state index contributed by atoms with van der Waals surface area (Å²) in [5.74, 6) is 0.515. The molecule has 1 aromatic carbocycles. The standard InChI is InChI=1S/C15H19FN2O2S/c1-15(8-17-9-15)20-7-14(19)18-12-4-5-21-13-3-2-10(16)6-11(12)13/h2-3,6,12,17H,4-5,7-9H2,1H3,(H,18,19). The maximum Gasteiger partial charge on any atom is 0.246 e. The van der Waals surface area contributed by atoms with Gasteiger partial charge in [0, 0.05) is 23.7 Å². The summed E-state index contributed by atoms with van der Waals surface area (Å²) < 4.78 is 19.0. The van der Waals surface area contributed by atoms with E-state index in [2.05, 4.69) is 10.6 Å². The van der Waals surface area contributed by atoms with Gasteiger partial charge in [0.1, 0.15) is 12.4 Å². The highest BCUT2D eigenvalue weighted by Gasteiger charge is 2.33. The van der Waals surface area contributed by atoms with E-state index in [0.29, 0.717) is 0 Å². The Morgan fingerprint density at radius 2 is 2.38 bits per heavy atom. The second-order valence-corrected chi connectivity index (χ2v) is 6.92. The largest absolute Gasteiger partial charge is 0.363 e. The van der Waals surface area contributed by atoms with Crippen molar-refractivity contribution in [2.24, 2.45) is 0 Å². The van der Waals surface area contributed by atoms with Crippen LogP contribution in [-0.2, 0) is 9.53 Å². The average molecular weight is 310 g/mol. The molecule has 4 nitrogen and oxygen atoms in total. The summed E-state index contributed by atoms with van der Waals surface area (Å²) in [5, 5.41) is 6.08. The lowest BCUT2D eigenvalue weighted by atomic mass is 10.0. The van der Waals surface area contributed by atoms with E-state index >= 15 is 0 Å². The van der Waals surface area contributed by atoms with Gasteiger partial charge in [-0.1, -0.05) is 0 Å². The van der Waals surface area contributed by atoms with Crippen LogP contribution in [0.2, 0.25) is 0 Å². The van der Waals surface area contributed by atoms with Crippen molar-refractivity contribution in [3.63, 3.8) is 0 Å². The molecule has 0 saturated carbocycles. The van der Waals surface area contributed by atoms with Crippen molar-refractivity contribution in [1.29, 1.82) is 0 Å². The van der Waals surface area contributed by atoms with Crippen molar-refractivity contribution in [2.75, 3.05) is 25.4 Å². The van der Waals surface area contributed by atoms with Gasteiger partial charge in [0.15, 0.2) is 0 Å². The van der Waals surface area contributed by atoms with Gasteiger partial charge in [0.25, 0.3) is 0 Å². The molecular weight excluding hydrogens is 291 g/mol. The molecule has 0 radical (unpaired) electrons. The highest BCUT2D eigenvalue weighted by Crippen LogP contribution is 2.36. The molecule has 2 aliphatic heterocycles. The first-order valence-corrected chi connectivity index (χ1v) is 8.11. The van der Waals surface area contributed by atoms with Crippen LogP contribution in [0.4, 0.5) is 4.39 Å². The SMILES string of the molecule is CC1(OCC(=O)NC2CCSc3ccc(F)cc32)CNC1. The van der Waals surface area contributed by atoms with Crippen LogP contribution in [0.1, 0.15) is 24.9 Å². The number of nitrogens with one attached hydrogen (secondary N) is 2. The summed E-state index contributed by atoms with van der Waals surface area (Å²) in [4.78, 5) is 13.1. The molecule has 1 fully saturated rings. The third-order valence-electron chi connectivity index (χ3n) is 3.90. The predicted molar refractivity (Wildman–Crippen MR) is 79.9 cm³/mol. The molecule has 0 bridgehead atoms. The van der Waals surface area contributed by atoms with E-state index in [4.69, 9.17) is 4.74 Å². The van der Waals surface area contributed by atoms with Crippen molar-refractivity contribution in [1.82, 2.24) is 10.6 Å². The second kappa shape index (κ2) is 5.94. The number of thioether (sulfide) groups is 1. The Kier molecular flexibility index (Phi) is 4.19. The number of benzene rings is 1. The van der Waals surface area contributed by atoms with E-state index < -0.39 is 0 Å². The fraction of sp³-hybridized carbons (Fsp3) is 0.533. The Labute approximate surface area is 127 Å². The van der Waals surface area contributed by atoms with E-state index in [0.717, 1.165) is 35.7 Å². The van der Waals surface area contributed by atoms with Crippen LogP contribution in [0.15, 0.2) is 23.1 Å². The first-order chi connectivity index (χ1) is 10.1. The first-order valence-electron chi connectivity index (χ1n) is 7.12. The molecule has 0 aliphatic carbocycles. The van der Waals surface area contributed by atoms with E-state index in [-0.39, 0.29) is 30.0 Å². The number of amides is 1. The Balaban J connectivity index is 1.60. The van der Waals surface area contributed by atoms with Crippen LogP contribution in [0.3, 0.4) is 0 Å². The van der Waals surface area contributed by atoms with Gasteiger partial charge in [-0.05, 0) is 37.1 Å². The molecule has 2 heterocycles. The Bertz CT molecular complexity index is 548. The fourth-order valence-electron chi connectivity index (χ4n) is 2.57. The van der Waals surface area contributed by atoms with Gasteiger partial charge < -0.3 is 15.4 Å². The van der Waals surface area contributed by atoms with E-state index in [9.17, 15) is 9.18 Å². The Morgan fingerprint density at radius 1 is 1.57 bits per heavy atom. The van der Waals surface area contributed by atoms with Crippen molar-refractivity contribution >= 4 is 17.7 Å². The van der Waals surface area contributed by atoms with E-state index in [1.54, 1.807) is 17.8 Å². The molecule has 1 amide bonds. The number of rotatable bonds is 4. The van der Waals surface area contributed by atoms with Gasteiger partial charge in [0.2, 0.25) is 5.91 Å². The molecule has 2 N–H and O–H groups in total. The molecule has 1 atom stereocenters. The zero-order valence-electron chi connectivity index (χ0n) is 11.9. The van der Waals surface area contributed by atoms with Gasteiger partial charge >= 0.3 is 0 Å². The second-order valence-electron chi connectivity index (χ2n) is 5.78. The third kappa shape index (κ3) is 3.39. The Morgan fingerprint density at radius 3 is 3.10 bits per heavy atom. The zero-order valence-corrected chi connectivity index (χ0v) is 12.8. The summed E-state index contributed by atoms with van der Waals surface area (Å²) in [7, 11) is 0. The Hall–Kier alpha value is -1.11. The van der Waals surface area contributed by atoms with Gasteiger partial charge in [0.05, 0.1) is 11.6 Å². The molecule has 0 spiro atoms. The summed E-state index contributed by atoms with van der Waals surface area (Å²) >= 11 is 1.70. The number of carbonyl (C=O) groups is 1.